The molecular weight excluding hydrogens is 276 g/mol. The number of rotatable bonds is 6. The lowest BCUT2D eigenvalue weighted by Gasteiger charge is -2.22. The van der Waals surface area contributed by atoms with Crippen LogP contribution in [0.15, 0.2) is 37.0 Å². The van der Waals surface area contributed by atoms with Crippen molar-refractivity contribution in [2.24, 2.45) is 5.92 Å². The third kappa shape index (κ3) is 12.2. The predicted octanol–water partition coefficient (Wildman–Crippen LogP) is 4.06. The Kier molecular flexibility index (Phi) is 18.1. The van der Waals surface area contributed by atoms with E-state index in [9.17, 15) is 4.79 Å². The van der Waals surface area contributed by atoms with E-state index in [4.69, 9.17) is 4.74 Å². The third-order valence-electron chi connectivity index (χ3n) is 2.90. The van der Waals surface area contributed by atoms with Gasteiger partial charge in [0.15, 0.2) is 0 Å². The van der Waals surface area contributed by atoms with Gasteiger partial charge in [0.2, 0.25) is 0 Å². The van der Waals surface area contributed by atoms with E-state index >= 15 is 0 Å². The Bertz CT molecular complexity index is 319. The van der Waals surface area contributed by atoms with Crippen LogP contribution >= 0.6 is 0 Å². The molecule has 1 atom stereocenters. The number of ether oxygens (including phenoxy) is 1. The first-order valence-corrected chi connectivity index (χ1v) is 8.31. The van der Waals surface area contributed by atoms with Gasteiger partial charge in [0.1, 0.15) is 6.61 Å². The van der Waals surface area contributed by atoms with E-state index in [-0.39, 0.29) is 12.7 Å². The number of hydrogen-bond donors (Lipinski definition) is 2. The molecular formula is C18H34N2O2. The molecule has 2 N–H and O–H groups in total. The highest BCUT2D eigenvalue weighted by atomic mass is 16.5. The molecule has 1 unspecified atom stereocenters. The van der Waals surface area contributed by atoms with E-state index in [1.54, 1.807) is 18.2 Å². The minimum Gasteiger partial charge on any atom is -0.445 e. The molecule has 0 aromatic rings. The molecule has 0 aliphatic carbocycles. The maximum Gasteiger partial charge on any atom is 0.407 e. The van der Waals surface area contributed by atoms with Crippen LogP contribution in [-0.2, 0) is 4.74 Å². The van der Waals surface area contributed by atoms with Gasteiger partial charge in [-0.3, -0.25) is 0 Å². The van der Waals surface area contributed by atoms with Crippen molar-refractivity contribution in [1.82, 2.24) is 10.6 Å². The lowest BCUT2D eigenvalue weighted by atomic mass is 10.00. The number of nitrogens with one attached hydrogen (secondary N) is 2. The second-order valence-corrected chi connectivity index (χ2v) is 4.35. The molecule has 22 heavy (non-hydrogen) atoms. The molecule has 0 radical (unpaired) electrons. The van der Waals surface area contributed by atoms with Crippen molar-refractivity contribution >= 4 is 6.09 Å². The summed E-state index contributed by atoms with van der Waals surface area (Å²) in [5.74, 6) is 0.508. The van der Waals surface area contributed by atoms with Crippen LogP contribution in [0.4, 0.5) is 4.79 Å². The largest absolute Gasteiger partial charge is 0.445 e. The smallest absolute Gasteiger partial charge is 0.407 e. The second-order valence-electron chi connectivity index (χ2n) is 4.35. The zero-order chi connectivity index (χ0) is 17.2. The van der Waals surface area contributed by atoms with E-state index in [0.717, 1.165) is 25.1 Å². The van der Waals surface area contributed by atoms with Gasteiger partial charge in [-0.05, 0) is 37.4 Å². The number of carbonyl (C=O) groups excluding carboxylic acids is 1. The van der Waals surface area contributed by atoms with Crippen molar-refractivity contribution in [3.63, 3.8) is 0 Å². The number of alkyl carbamates (subject to hydrolysis) is 1. The summed E-state index contributed by atoms with van der Waals surface area (Å²) in [5, 5.41) is 6.09. The van der Waals surface area contributed by atoms with Gasteiger partial charge in [0.05, 0.1) is 0 Å². The van der Waals surface area contributed by atoms with E-state index < -0.39 is 0 Å². The first-order valence-electron chi connectivity index (χ1n) is 8.31. The SMILES string of the molecule is C=C/C=C(\C=C)COC(=O)NCC1CCCNC1.CC.CC. The number of piperidine rings is 1. The molecule has 1 aliphatic heterocycles. The van der Waals surface area contributed by atoms with Crippen LogP contribution in [0.1, 0.15) is 40.5 Å². The summed E-state index contributed by atoms with van der Waals surface area (Å²) >= 11 is 0. The van der Waals surface area contributed by atoms with Crippen molar-refractivity contribution in [1.29, 1.82) is 0 Å². The Labute approximate surface area is 136 Å². The molecule has 4 nitrogen and oxygen atoms in total. The van der Waals surface area contributed by atoms with Gasteiger partial charge < -0.3 is 15.4 Å². The average molecular weight is 310 g/mol. The van der Waals surface area contributed by atoms with E-state index in [1.165, 1.54) is 6.42 Å². The fourth-order valence-electron chi connectivity index (χ4n) is 1.85. The summed E-state index contributed by atoms with van der Waals surface area (Å²) in [6.07, 6.45) is 7.01. The summed E-state index contributed by atoms with van der Waals surface area (Å²) in [6.45, 7) is 18.2. The first-order chi connectivity index (χ1) is 10.8. The van der Waals surface area contributed by atoms with E-state index in [2.05, 4.69) is 23.8 Å². The fraction of sp³-hybridized carbons (Fsp3) is 0.611. The Balaban J connectivity index is 0. The minimum absolute atomic E-state index is 0.226. The standard InChI is InChI=1S/C14H22N2O2.2C2H6/c1-3-6-12(4-2)11-18-14(17)16-10-13-7-5-8-15-9-13;2*1-2/h3-4,6,13,15H,1-2,5,7-11H2,(H,16,17);2*1-2H3/b12-6+;;. The molecule has 0 saturated carbocycles. The predicted molar refractivity (Wildman–Crippen MR) is 96.1 cm³/mol. The van der Waals surface area contributed by atoms with Crippen LogP contribution < -0.4 is 10.6 Å². The molecule has 0 spiro atoms. The maximum atomic E-state index is 11.5. The number of allylic oxidation sites excluding steroid dienone is 2. The molecule has 1 heterocycles. The molecule has 128 valence electrons. The number of hydrogen-bond acceptors (Lipinski definition) is 3. The summed E-state index contributed by atoms with van der Waals surface area (Å²) < 4.78 is 5.08. The monoisotopic (exact) mass is 310 g/mol. The summed E-state index contributed by atoms with van der Waals surface area (Å²) in [7, 11) is 0. The van der Waals surface area contributed by atoms with Crippen LogP contribution in [0.5, 0.6) is 0 Å². The highest BCUT2D eigenvalue weighted by Gasteiger charge is 2.14. The quantitative estimate of drug-likeness (QED) is 0.727. The van der Waals surface area contributed by atoms with Crippen molar-refractivity contribution < 1.29 is 9.53 Å². The molecule has 0 aromatic carbocycles. The highest BCUT2D eigenvalue weighted by Crippen LogP contribution is 2.08. The Morgan fingerprint density at radius 2 is 2.00 bits per heavy atom. The molecule has 1 fully saturated rings. The average Bonchev–Trinajstić information content (AvgIpc) is 2.61. The van der Waals surface area contributed by atoms with E-state index in [1.807, 2.05) is 27.7 Å². The molecule has 1 aliphatic rings. The second kappa shape index (κ2) is 17.5. The molecule has 0 bridgehead atoms. The van der Waals surface area contributed by atoms with Gasteiger partial charge in [-0.25, -0.2) is 4.79 Å². The zero-order valence-corrected chi connectivity index (χ0v) is 14.8. The van der Waals surface area contributed by atoms with Crippen molar-refractivity contribution in [3.05, 3.63) is 37.0 Å². The fourth-order valence-corrected chi connectivity index (χ4v) is 1.85. The van der Waals surface area contributed by atoms with Crippen LogP contribution in [0, 0.1) is 5.92 Å². The Hall–Kier alpha value is -1.55. The molecule has 1 saturated heterocycles. The van der Waals surface area contributed by atoms with Gasteiger partial charge in [0.25, 0.3) is 0 Å². The highest BCUT2D eigenvalue weighted by molar-refractivity contribution is 5.67. The van der Waals surface area contributed by atoms with Crippen LogP contribution in [0.2, 0.25) is 0 Å². The maximum absolute atomic E-state index is 11.5. The summed E-state index contributed by atoms with van der Waals surface area (Å²) in [6, 6.07) is 0. The van der Waals surface area contributed by atoms with Gasteiger partial charge >= 0.3 is 6.09 Å². The van der Waals surface area contributed by atoms with Crippen molar-refractivity contribution in [2.75, 3.05) is 26.2 Å². The first kappa shape index (κ1) is 22.7. The third-order valence-corrected chi connectivity index (χ3v) is 2.90. The lowest BCUT2D eigenvalue weighted by Crippen LogP contribution is -2.38. The van der Waals surface area contributed by atoms with Crippen molar-refractivity contribution in [2.45, 2.75) is 40.5 Å². The van der Waals surface area contributed by atoms with Gasteiger partial charge in [-0.2, -0.15) is 0 Å². The topological polar surface area (TPSA) is 50.4 Å². The molecule has 4 heteroatoms. The minimum atomic E-state index is -0.377. The lowest BCUT2D eigenvalue weighted by molar-refractivity contribution is 0.153. The van der Waals surface area contributed by atoms with Crippen LogP contribution in [0.25, 0.3) is 0 Å². The zero-order valence-electron chi connectivity index (χ0n) is 14.8. The summed E-state index contributed by atoms with van der Waals surface area (Å²) in [4.78, 5) is 11.5. The summed E-state index contributed by atoms with van der Waals surface area (Å²) in [5.41, 5.74) is 0.833. The van der Waals surface area contributed by atoms with Crippen molar-refractivity contribution in [3.8, 4) is 0 Å². The molecule has 0 aromatic heterocycles. The molecule has 1 rings (SSSR count). The van der Waals surface area contributed by atoms with Crippen LogP contribution in [0.3, 0.4) is 0 Å². The van der Waals surface area contributed by atoms with Gasteiger partial charge in [-0.1, -0.05) is 59.1 Å². The number of amides is 1. The molecule has 1 amide bonds. The Morgan fingerprint density at radius 3 is 2.50 bits per heavy atom. The Morgan fingerprint density at radius 1 is 1.32 bits per heavy atom. The normalized spacial score (nSPS) is 16.9. The van der Waals surface area contributed by atoms with Gasteiger partial charge in [-0.15, -0.1) is 0 Å². The number of carbonyl (C=O) groups is 1. The van der Waals surface area contributed by atoms with E-state index in [0.29, 0.717) is 12.5 Å². The van der Waals surface area contributed by atoms with Gasteiger partial charge in [0, 0.05) is 6.54 Å². The van der Waals surface area contributed by atoms with Crippen LogP contribution in [-0.4, -0.2) is 32.3 Å².